The first kappa shape index (κ1) is 11.8. The van der Waals surface area contributed by atoms with Crippen LogP contribution >= 0.6 is 0 Å². The summed E-state index contributed by atoms with van der Waals surface area (Å²) in [5.74, 6) is 0. The van der Waals surface area contributed by atoms with Gasteiger partial charge in [-0.15, -0.1) is 0 Å². The average molecular weight is 183 g/mol. The monoisotopic (exact) mass is 183 g/mol. The Morgan fingerprint density at radius 2 is 1.58 bits per heavy atom. The minimum absolute atomic E-state index is 0.0633. The molecule has 0 amide bonds. The van der Waals surface area contributed by atoms with Crippen LogP contribution < -0.4 is 0 Å². The number of hydrogen-bond donors (Lipinski definition) is 0. The fourth-order valence-electron chi connectivity index (χ4n) is 1.27. The fraction of sp³-hybridized carbons (Fsp3) is 1.00. The number of hydrogen-bond acceptors (Lipinski definition) is 1. The van der Waals surface area contributed by atoms with E-state index >= 15 is 0 Å². The molecular weight excluding hydrogens is 167 g/mol. The lowest BCUT2D eigenvalue weighted by Crippen LogP contribution is -2.46. The number of alkyl halides is 3. The fourth-order valence-corrected chi connectivity index (χ4v) is 1.27. The van der Waals surface area contributed by atoms with Crippen molar-refractivity contribution in [3.8, 4) is 0 Å². The third-order valence-electron chi connectivity index (χ3n) is 2.00. The predicted molar refractivity (Wildman–Crippen MR) is 43.0 cm³/mol. The molecule has 4 heteroatoms. The van der Waals surface area contributed by atoms with E-state index in [1.807, 2.05) is 0 Å². The summed E-state index contributed by atoms with van der Waals surface area (Å²) in [6, 6.07) is -1.41. The molecular formula is C8H16F3N. The van der Waals surface area contributed by atoms with Gasteiger partial charge in [-0.25, -0.2) is 0 Å². The molecule has 0 N–H and O–H groups in total. The molecule has 0 aromatic rings. The molecule has 12 heavy (non-hydrogen) atoms. The van der Waals surface area contributed by atoms with Crippen LogP contribution in [-0.4, -0.2) is 29.7 Å². The standard InChI is InChI=1S/C8H16F3N/c1-5-12(6(2)3)7(4)8(9,10)11/h6-7H,5H2,1-4H3. The Balaban J connectivity index is 4.32. The highest BCUT2D eigenvalue weighted by molar-refractivity contribution is 4.75. The predicted octanol–water partition coefficient (Wildman–Crippen LogP) is 2.67. The van der Waals surface area contributed by atoms with Gasteiger partial charge >= 0.3 is 6.18 Å². The van der Waals surface area contributed by atoms with Gasteiger partial charge < -0.3 is 0 Å². The number of nitrogens with zero attached hydrogens (tertiary/aromatic N) is 1. The maximum Gasteiger partial charge on any atom is 0.403 e. The Morgan fingerprint density at radius 1 is 1.17 bits per heavy atom. The third-order valence-corrected chi connectivity index (χ3v) is 2.00. The van der Waals surface area contributed by atoms with E-state index in [9.17, 15) is 13.2 Å². The molecule has 74 valence electrons. The Kier molecular flexibility index (Phi) is 4.03. The minimum Gasteiger partial charge on any atom is -0.290 e. The Hall–Kier alpha value is -0.250. The second-order valence-electron chi connectivity index (χ2n) is 3.14. The van der Waals surface area contributed by atoms with Crippen molar-refractivity contribution < 1.29 is 13.2 Å². The van der Waals surface area contributed by atoms with Crippen LogP contribution in [0.4, 0.5) is 13.2 Å². The maximum absolute atomic E-state index is 12.2. The zero-order valence-corrected chi connectivity index (χ0v) is 7.94. The van der Waals surface area contributed by atoms with E-state index in [1.165, 1.54) is 11.8 Å². The zero-order chi connectivity index (χ0) is 9.94. The molecule has 0 saturated heterocycles. The molecule has 1 nitrogen and oxygen atoms in total. The summed E-state index contributed by atoms with van der Waals surface area (Å²) >= 11 is 0. The van der Waals surface area contributed by atoms with Gasteiger partial charge in [0.2, 0.25) is 0 Å². The quantitative estimate of drug-likeness (QED) is 0.650. The van der Waals surface area contributed by atoms with Gasteiger partial charge in [0.15, 0.2) is 0 Å². The van der Waals surface area contributed by atoms with Crippen molar-refractivity contribution in [2.24, 2.45) is 0 Å². The van der Waals surface area contributed by atoms with E-state index in [0.717, 1.165) is 0 Å². The number of rotatable bonds is 3. The SMILES string of the molecule is CCN(C(C)C)C(C)C(F)(F)F. The third kappa shape index (κ3) is 3.01. The van der Waals surface area contributed by atoms with Crippen LogP contribution in [0.25, 0.3) is 0 Å². The molecule has 0 radical (unpaired) electrons. The van der Waals surface area contributed by atoms with Crippen molar-refractivity contribution in [2.45, 2.75) is 46.0 Å². The Bertz CT molecular complexity index is 131. The molecule has 0 rings (SSSR count). The molecule has 0 aromatic carbocycles. The van der Waals surface area contributed by atoms with Crippen LogP contribution in [0.5, 0.6) is 0 Å². The molecule has 0 spiro atoms. The van der Waals surface area contributed by atoms with Crippen LogP contribution in [0.2, 0.25) is 0 Å². The lowest BCUT2D eigenvalue weighted by molar-refractivity contribution is -0.182. The summed E-state index contributed by atoms with van der Waals surface area (Å²) < 4.78 is 36.6. The highest BCUT2D eigenvalue weighted by Crippen LogP contribution is 2.25. The molecule has 1 atom stereocenters. The van der Waals surface area contributed by atoms with E-state index in [2.05, 4.69) is 0 Å². The highest BCUT2D eigenvalue weighted by Gasteiger charge is 2.40. The molecule has 0 saturated carbocycles. The molecule has 0 heterocycles. The zero-order valence-electron chi connectivity index (χ0n) is 7.94. The van der Waals surface area contributed by atoms with Gasteiger partial charge in [0.25, 0.3) is 0 Å². The van der Waals surface area contributed by atoms with Crippen LogP contribution in [0.15, 0.2) is 0 Å². The maximum atomic E-state index is 12.2. The summed E-state index contributed by atoms with van der Waals surface area (Å²) in [5.41, 5.74) is 0. The van der Waals surface area contributed by atoms with Gasteiger partial charge in [0.05, 0.1) is 0 Å². The molecule has 0 aliphatic rings. The Morgan fingerprint density at radius 3 is 1.67 bits per heavy atom. The second-order valence-corrected chi connectivity index (χ2v) is 3.14. The van der Waals surface area contributed by atoms with Crippen LogP contribution in [-0.2, 0) is 0 Å². The van der Waals surface area contributed by atoms with Gasteiger partial charge in [-0.05, 0) is 27.3 Å². The van der Waals surface area contributed by atoms with Gasteiger partial charge in [0, 0.05) is 6.04 Å². The van der Waals surface area contributed by atoms with Gasteiger partial charge in [-0.3, -0.25) is 4.90 Å². The first-order chi connectivity index (χ1) is 5.30. The van der Waals surface area contributed by atoms with Crippen molar-refractivity contribution in [3.63, 3.8) is 0 Å². The second kappa shape index (κ2) is 4.12. The lowest BCUT2D eigenvalue weighted by Gasteiger charge is -2.32. The van der Waals surface area contributed by atoms with E-state index in [0.29, 0.717) is 6.54 Å². The summed E-state index contributed by atoms with van der Waals surface area (Å²) in [5, 5.41) is 0. The largest absolute Gasteiger partial charge is 0.403 e. The van der Waals surface area contributed by atoms with Crippen LogP contribution in [0.3, 0.4) is 0 Å². The van der Waals surface area contributed by atoms with E-state index in [4.69, 9.17) is 0 Å². The van der Waals surface area contributed by atoms with E-state index in [-0.39, 0.29) is 6.04 Å². The molecule has 0 bridgehead atoms. The minimum atomic E-state index is -4.11. The van der Waals surface area contributed by atoms with Crippen molar-refractivity contribution >= 4 is 0 Å². The highest BCUT2D eigenvalue weighted by atomic mass is 19.4. The molecule has 0 aromatic heterocycles. The molecule has 0 aliphatic heterocycles. The first-order valence-electron chi connectivity index (χ1n) is 4.13. The summed E-state index contributed by atoms with van der Waals surface area (Å²) in [6.45, 7) is 6.90. The summed E-state index contributed by atoms with van der Waals surface area (Å²) in [7, 11) is 0. The van der Waals surface area contributed by atoms with Gasteiger partial charge in [-0.1, -0.05) is 6.92 Å². The van der Waals surface area contributed by atoms with Crippen molar-refractivity contribution in [3.05, 3.63) is 0 Å². The van der Waals surface area contributed by atoms with Crippen molar-refractivity contribution in [2.75, 3.05) is 6.54 Å². The average Bonchev–Trinajstić information content (AvgIpc) is 1.86. The smallest absolute Gasteiger partial charge is 0.290 e. The molecule has 0 fully saturated rings. The van der Waals surface area contributed by atoms with Crippen LogP contribution in [0.1, 0.15) is 27.7 Å². The Labute approximate surface area is 71.6 Å². The van der Waals surface area contributed by atoms with Crippen molar-refractivity contribution in [1.29, 1.82) is 0 Å². The van der Waals surface area contributed by atoms with Gasteiger partial charge in [-0.2, -0.15) is 13.2 Å². The summed E-state index contributed by atoms with van der Waals surface area (Å²) in [4.78, 5) is 1.42. The topological polar surface area (TPSA) is 3.24 Å². The molecule has 1 unspecified atom stereocenters. The number of halogens is 3. The van der Waals surface area contributed by atoms with Crippen molar-refractivity contribution in [1.82, 2.24) is 4.90 Å². The molecule has 0 aliphatic carbocycles. The van der Waals surface area contributed by atoms with E-state index < -0.39 is 12.2 Å². The normalized spacial score (nSPS) is 15.8. The van der Waals surface area contributed by atoms with Crippen LogP contribution in [0, 0.1) is 0 Å². The van der Waals surface area contributed by atoms with E-state index in [1.54, 1.807) is 20.8 Å². The first-order valence-corrected chi connectivity index (χ1v) is 4.13. The van der Waals surface area contributed by atoms with Gasteiger partial charge in [0.1, 0.15) is 6.04 Å². The lowest BCUT2D eigenvalue weighted by atomic mass is 10.2. The summed E-state index contributed by atoms with van der Waals surface area (Å²) in [6.07, 6.45) is -4.11.